The minimum absolute atomic E-state index is 0.188. The van der Waals surface area contributed by atoms with Crippen LogP contribution in [0.25, 0.3) is 11.1 Å². The molecule has 1 fully saturated rings. The Kier molecular flexibility index (Phi) is 5.64. The summed E-state index contributed by atoms with van der Waals surface area (Å²) in [4.78, 5) is 25.2. The smallest absolute Gasteiger partial charge is 0.410 e. The van der Waals surface area contributed by atoms with Gasteiger partial charge in [0.05, 0.1) is 27.2 Å². The van der Waals surface area contributed by atoms with Gasteiger partial charge in [0.1, 0.15) is 12.4 Å². The van der Waals surface area contributed by atoms with Crippen LogP contribution in [0, 0.1) is 6.92 Å². The molecule has 0 aliphatic carbocycles. The Bertz CT molecular complexity index is 862. The van der Waals surface area contributed by atoms with E-state index in [9.17, 15) is 9.59 Å². The van der Waals surface area contributed by atoms with Gasteiger partial charge in [-0.05, 0) is 35.7 Å². The van der Waals surface area contributed by atoms with Crippen LogP contribution >= 0.6 is 0 Å². The Morgan fingerprint density at radius 2 is 1.96 bits per heavy atom. The van der Waals surface area contributed by atoms with E-state index in [0.717, 1.165) is 27.8 Å². The maximum atomic E-state index is 11.9. The Morgan fingerprint density at radius 1 is 1.15 bits per heavy atom. The molecule has 2 aromatic carbocycles. The van der Waals surface area contributed by atoms with Crippen molar-refractivity contribution in [2.45, 2.75) is 19.9 Å². The van der Waals surface area contributed by atoms with Gasteiger partial charge >= 0.3 is 12.1 Å². The zero-order valence-corrected chi connectivity index (χ0v) is 15.8. The third-order valence-corrected chi connectivity index (χ3v) is 4.60. The van der Waals surface area contributed by atoms with E-state index in [1.165, 1.54) is 7.11 Å². The summed E-state index contributed by atoms with van der Waals surface area (Å²) in [5.41, 5.74) is 4.78. The molecule has 2 aromatic rings. The largest absolute Gasteiger partial charge is 0.496 e. The number of aryl methyl sites for hydroxylation is 1. The maximum absolute atomic E-state index is 11.9. The van der Waals surface area contributed by atoms with Crippen molar-refractivity contribution in [3.63, 3.8) is 0 Å². The molecule has 27 heavy (non-hydrogen) atoms. The number of hydrogen-bond donors (Lipinski definition) is 0. The quantitative estimate of drug-likeness (QED) is 0.731. The molecule has 3 rings (SSSR count). The summed E-state index contributed by atoms with van der Waals surface area (Å²) in [6.45, 7) is 3.46. The average Bonchev–Trinajstić information content (AvgIpc) is 3.06. The zero-order chi connectivity index (χ0) is 19.4. The number of nitrogens with zero attached hydrogens (tertiary/aromatic N) is 1. The first-order valence-electron chi connectivity index (χ1n) is 8.77. The lowest BCUT2D eigenvalue weighted by atomic mass is 9.94. The fraction of sp³-hybridized carbons (Fsp3) is 0.333. The second-order valence-corrected chi connectivity index (χ2v) is 6.48. The summed E-state index contributed by atoms with van der Waals surface area (Å²) in [6, 6.07) is 11.7. The van der Waals surface area contributed by atoms with Crippen LogP contribution in [-0.2, 0) is 27.2 Å². The van der Waals surface area contributed by atoms with E-state index in [-0.39, 0.29) is 18.5 Å². The van der Waals surface area contributed by atoms with Crippen LogP contribution in [0.5, 0.6) is 5.75 Å². The number of rotatable bonds is 6. The highest BCUT2D eigenvalue weighted by atomic mass is 16.6. The summed E-state index contributed by atoms with van der Waals surface area (Å²) in [6.07, 6.45) is -0.110. The van der Waals surface area contributed by atoms with Gasteiger partial charge in [-0.15, -0.1) is 0 Å². The molecule has 1 aliphatic rings. The van der Waals surface area contributed by atoms with Crippen molar-refractivity contribution in [3.8, 4) is 16.9 Å². The molecular formula is C21H23NO5. The molecule has 0 saturated carbocycles. The molecule has 6 nitrogen and oxygen atoms in total. The number of amides is 1. The predicted molar refractivity (Wildman–Crippen MR) is 101 cm³/mol. The van der Waals surface area contributed by atoms with E-state index in [4.69, 9.17) is 14.2 Å². The van der Waals surface area contributed by atoms with E-state index < -0.39 is 0 Å². The number of methoxy groups -OCH3 is 2. The molecule has 1 aliphatic heterocycles. The lowest BCUT2D eigenvalue weighted by Crippen LogP contribution is -2.23. The molecule has 0 atom stereocenters. The molecule has 0 unspecified atom stereocenters. The SMILES string of the molecule is COC(=O)Cc1ccc(OC)c(-c2ccc(C)cc2CN2CCOC2=O)c1. The number of cyclic esters (lactones) is 1. The molecule has 1 heterocycles. The topological polar surface area (TPSA) is 65.1 Å². The molecule has 0 aromatic heterocycles. The van der Waals surface area contributed by atoms with Gasteiger partial charge in [0.15, 0.2) is 0 Å². The van der Waals surface area contributed by atoms with Crippen LogP contribution in [0.15, 0.2) is 36.4 Å². The van der Waals surface area contributed by atoms with E-state index in [1.54, 1.807) is 12.0 Å². The molecule has 1 saturated heterocycles. The second-order valence-electron chi connectivity index (χ2n) is 6.48. The fourth-order valence-corrected chi connectivity index (χ4v) is 3.21. The van der Waals surface area contributed by atoms with Crippen LogP contribution in [0.4, 0.5) is 4.79 Å². The van der Waals surface area contributed by atoms with Gasteiger partial charge in [0.2, 0.25) is 0 Å². The minimum Gasteiger partial charge on any atom is -0.496 e. The highest BCUT2D eigenvalue weighted by molar-refractivity contribution is 5.78. The van der Waals surface area contributed by atoms with E-state index >= 15 is 0 Å². The molecular weight excluding hydrogens is 346 g/mol. The van der Waals surface area contributed by atoms with Crippen molar-refractivity contribution in [1.29, 1.82) is 0 Å². The standard InChI is InChI=1S/C21H23NO5/c1-14-4-6-17(16(10-14)13-22-8-9-27-21(22)24)18-11-15(12-20(23)26-3)5-7-19(18)25-2/h4-7,10-11H,8-9,12-13H2,1-3H3. The fourth-order valence-electron chi connectivity index (χ4n) is 3.21. The number of esters is 1. The average molecular weight is 369 g/mol. The Morgan fingerprint density at radius 3 is 2.63 bits per heavy atom. The van der Waals surface area contributed by atoms with E-state index in [1.807, 2.05) is 37.3 Å². The molecule has 0 bridgehead atoms. The third kappa shape index (κ3) is 4.22. The maximum Gasteiger partial charge on any atom is 0.410 e. The number of carbonyl (C=O) groups is 2. The summed E-state index contributed by atoms with van der Waals surface area (Å²) in [5.74, 6) is 0.410. The lowest BCUT2D eigenvalue weighted by molar-refractivity contribution is -0.139. The van der Waals surface area contributed by atoms with Gasteiger partial charge < -0.3 is 19.1 Å². The second kappa shape index (κ2) is 8.12. The Balaban J connectivity index is 2.02. The van der Waals surface area contributed by atoms with Crippen molar-refractivity contribution in [2.24, 2.45) is 0 Å². The molecule has 1 amide bonds. The molecule has 0 spiro atoms. The highest BCUT2D eigenvalue weighted by Crippen LogP contribution is 2.35. The van der Waals surface area contributed by atoms with Gasteiger partial charge in [0.25, 0.3) is 0 Å². The van der Waals surface area contributed by atoms with Crippen molar-refractivity contribution >= 4 is 12.1 Å². The lowest BCUT2D eigenvalue weighted by Gasteiger charge is -2.19. The zero-order valence-electron chi connectivity index (χ0n) is 15.8. The van der Waals surface area contributed by atoms with Crippen LogP contribution in [0.2, 0.25) is 0 Å². The van der Waals surface area contributed by atoms with Crippen molar-refractivity contribution in [2.75, 3.05) is 27.4 Å². The van der Waals surface area contributed by atoms with Gasteiger partial charge in [-0.2, -0.15) is 0 Å². The highest BCUT2D eigenvalue weighted by Gasteiger charge is 2.23. The monoisotopic (exact) mass is 369 g/mol. The Labute approximate surface area is 158 Å². The summed E-state index contributed by atoms with van der Waals surface area (Å²) >= 11 is 0. The summed E-state index contributed by atoms with van der Waals surface area (Å²) < 4.78 is 15.4. The summed E-state index contributed by atoms with van der Waals surface area (Å²) in [7, 11) is 2.99. The van der Waals surface area contributed by atoms with Gasteiger partial charge in [-0.25, -0.2) is 4.79 Å². The van der Waals surface area contributed by atoms with Crippen LogP contribution in [0.1, 0.15) is 16.7 Å². The van der Waals surface area contributed by atoms with Gasteiger partial charge in [-0.3, -0.25) is 4.79 Å². The number of ether oxygens (including phenoxy) is 3. The first-order valence-corrected chi connectivity index (χ1v) is 8.77. The molecule has 0 radical (unpaired) electrons. The first-order chi connectivity index (χ1) is 13.0. The predicted octanol–water partition coefficient (Wildman–Crippen LogP) is 3.34. The molecule has 142 valence electrons. The van der Waals surface area contributed by atoms with Crippen molar-refractivity contribution in [3.05, 3.63) is 53.1 Å². The summed E-state index contributed by atoms with van der Waals surface area (Å²) in [5, 5.41) is 0. The van der Waals surface area contributed by atoms with Crippen LogP contribution < -0.4 is 4.74 Å². The first kappa shape index (κ1) is 18.8. The minimum atomic E-state index is -0.297. The molecule has 0 N–H and O–H groups in total. The van der Waals surface area contributed by atoms with Crippen molar-refractivity contribution in [1.82, 2.24) is 4.90 Å². The normalized spacial score (nSPS) is 13.4. The number of benzene rings is 2. The number of hydrogen-bond acceptors (Lipinski definition) is 5. The Hall–Kier alpha value is -3.02. The van der Waals surface area contributed by atoms with Crippen LogP contribution in [0.3, 0.4) is 0 Å². The molecule has 6 heteroatoms. The van der Waals surface area contributed by atoms with Crippen molar-refractivity contribution < 1.29 is 23.8 Å². The van der Waals surface area contributed by atoms with Gasteiger partial charge in [0, 0.05) is 12.1 Å². The van der Waals surface area contributed by atoms with Gasteiger partial charge in [-0.1, -0.05) is 29.8 Å². The van der Waals surface area contributed by atoms with E-state index in [2.05, 4.69) is 6.07 Å². The third-order valence-electron chi connectivity index (χ3n) is 4.60. The van der Waals surface area contributed by atoms with Crippen LogP contribution in [-0.4, -0.2) is 44.3 Å². The number of carbonyl (C=O) groups excluding carboxylic acids is 2. The van der Waals surface area contributed by atoms with E-state index in [0.29, 0.717) is 25.4 Å².